The number of alkyl halides is 3. The van der Waals surface area contributed by atoms with E-state index in [2.05, 4.69) is 15.2 Å². The third-order valence-electron chi connectivity index (χ3n) is 6.27. The van der Waals surface area contributed by atoms with Gasteiger partial charge in [0.05, 0.1) is 17.8 Å². The van der Waals surface area contributed by atoms with Gasteiger partial charge in [-0.1, -0.05) is 23.7 Å². The first kappa shape index (κ1) is 27.9. The molecule has 1 fully saturated rings. The number of nitrogens with zero attached hydrogens (tertiary/aromatic N) is 7. The Morgan fingerprint density at radius 3 is 2.48 bits per heavy atom. The normalized spacial score (nSPS) is 14.9. The summed E-state index contributed by atoms with van der Waals surface area (Å²) < 4.78 is 42.4. The van der Waals surface area contributed by atoms with Crippen molar-refractivity contribution in [3.05, 3.63) is 81.8 Å². The summed E-state index contributed by atoms with van der Waals surface area (Å²) in [6, 6.07) is 13.0. The van der Waals surface area contributed by atoms with Crippen LogP contribution < -0.4 is 5.69 Å². The number of carbonyl (C=O) groups is 1. The Kier molecular flexibility index (Phi) is 8.01. The van der Waals surface area contributed by atoms with Gasteiger partial charge >= 0.3 is 11.9 Å². The van der Waals surface area contributed by atoms with Crippen molar-refractivity contribution in [3.63, 3.8) is 0 Å². The molecule has 4 aromatic rings. The van der Waals surface area contributed by atoms with Crippen LogP contribution in [0.2, 0.25) is 5.02 Å². The van der Waals surface area contributed by atoms with Gasteiger partial charge in [0.15, 0.2) is 17.8 Å². The number of amides is 1. The van der Waals surface area contributed by atoms with E-state index in [1.165, 1.54) is 35.3 Å². The van der Waals surface area contributed by atoms with Gasteiger partial charge < -0.3 is 10.0 Å². The molecule has 1 amide bonds. The number of thioether (sulfide) groups is 1. The molecule has 10 nitrogen and oxygen atoms in total. The number of halogens is 4. The summed E-state index contributed by atoms with van der Waals surface area (Å²) in [5, 5.41) is 18.7. The van der Waals surface area contributed by atoms with Crippen molar-refractivity contribution < 1.29 is 23.1 Å². The van der Waals surface area contributed by atoms with Gasteiger partial charge in [-0.2, -0.15) is 24.9 Å². The highest BCUT2D eigenvalue weighted by Gasteiger charge is 2.39. The lowest BCUT2D eigenvalue weighted by molar-refractivity contribution is -0.207. The standard InChI is InChI=1S/C25H23ClF3N7O3S/c26-17-7-5-16(6-8-17)22-32-35(24(39)34(22)13-20(37)25(27,28)29)14-21-30-15-36(31-21)19-4-2-1-3-18(19)23(38)33-9-11-40-12-10-33/h1-8,15,20,37H,9-14H2. The first-order chi connectivity index (χ1) is 19.1. The van der Waals surface area contributed by atoms with Crippen LogP contribution in [0.3, 0.4) is 0 Å². The summed E-state index contributed by atoms with van der Waals surface area (Å²) in [5.41, 5.74) is 0.385. The molecule has 0 spiro atoms. The molecule has 5 rings (SSSR count). The summed E-state index contributed by atoms with van der Waals surface area (Å²) in [6.07, 6.45) is -6.32. The van der Waals surface area contributed by atoms with Crippen LogP contribution in [0.4, 0.5) is 13.2 Å². The fraction of sp³-hybridized carbons (Fsp3) is 0.320. The topological polar surface area (TPSA) is 111 Å². The Hall–Kier alpha value is -3.62. The molecule has 0 bridgehead atoms. The highest BCUT2D eigenvalue weighted by Crippen LogP contribution is 2.24. The van der Waals surface area contributed by atoms with Gasteiger partial charge in [-0.25, -0.2) is 19.1 Å². The van der Waals surface area contributed by atoms with Gasteiger partial charge in [0, 0.05) is 35.2 Å². The number of hydrogen-bond acceptors (Lipinski definition) is 7. The van der Waals surface area contributed by atoms with Crippen LogP contribution in [0.25, 0.3) is 17.1 Å². The van der Waals surface area contributed by atoms with E-state index in [1.807, 2.05) is 0 Å². The summed E-state index contributed by atoms with van der Waals surface area (Å²) in [6.45, 7) is -0.0241. The first-order valence-corrected chi connectivity index (χ1v) is 13.7. The molecule has 0 radical (unpaired) electrons. The molecule has 3 heterocycles. The smallest absolute Gasteiger partial charge is 0.382 e. The van der Waals surface area contributed by atoms with Crippen molar-refractivity contribution in [1.29, 1.82) is 0 Å². The van der Waals surface area contributed by atoms with Crippen LogP contribution in [0, 0.1) is 0 Å². The van der Waals surface area contributed by atoms with Gasteiger partial charge in [0.2, 0.25) is 0 Å². The number of rotatable bonds is 7. The fourth-order valence-electron chi connectivity index (χ4n) is 4.21. The van der Waals surface area contributed by atoms with Crippen molar-refractivity contribution in [3.8, 4) is 17.1 Å². The molecule has 15 heteroatoms. The quantitative estimate of drug-likeness (QED) is 0.351. The molecule has 2 aromatic heterocycles. The van der Waals surface area contributed by atoms with E-state index in [1.54, 1.807) is 40.9 Å². The van der Waals surface area contributed by atoms with Gasteiger partial charge in [-0.3, -0.25) is 9.36 Å². The van der Waals surface area contributed by atoms with Crippen LogP contribution in [0.15, 0.2) is 59.7 Å². The maximum absolute atomic E-state index is 13.2. The van der Waals surface area contributed by atoms with Crippen LogP contribution >= 0.6 is 23.4 Å². The van der Waals surface area contributed by atoms with E-state index in [-0.39, 0.29) is 24.1 Å². The van der Waals surface area contributed by atoms with Crippen molar-refractivity contribution in [1.82, 2.24) is 34.0 Å². The maximum atomic E-state index is 13.2. The largest absolute Gasteiger partial charge is 0.416 e. The predicted molar refractivity (Wildman–Crippen MR) is 143 cm³/mol. The molecule has 1 N–H and O–H groups in total. The molecule has 1 atom stereocenters. The summed E-state index contributed by atoms with van der Waals surface area (Å²) in [4.78, 5) is 32.3. The zero-order valence-corrected chi connectivity index (χ0v) is 22.4. The van der Waals surface area contributed by atoms with E-state index >= 15 is 0 Å². The van der Waals surface area contributed by atoms with E-state index in [0.29, 0.717) is 34.9 Å². The molecule has 40 heavy (non-hydrogen) atoms. The van der Waals surface area contributed by atoms with Crippen LogP contribution in [-0.4, -0.2) is 81.9 Å². The number of benzene rings is 2. The monoisotopic (exact) mass is 593 g/mol. The molecule has 1 saturated heterocycles. The molecule has 1 aliphatic heterocycles. The maximum Gasteiger partial charge on any atom is 0.416 e. The number of aliphatic hydroxyl groups is 1. The van der Waals surface area contributed by atoms with Gasteiger partial charge in [0.25, 0.3) is 5.91 Å². The number of carbonyl (C=O) groups excluding carboxylic acids is 1. The zero-order chi connectivity index (χ0) is 28.4. The molecular formula is C25H23ClF3N7O3S. The minimum Gasteiger partial charge on any atom is -0.382 e. The second kappa shape index (κ2) is 11.5. The Labute approximate surface area is 235 Å². The van der Waals surface area contributed by atoms with Gasteiger partial charge in [0.1, 0.15) is 12.9 Å². The lowest BCUT2D eigenvalue weighted by Crippen LogP contribution is -2.38. The van der Waals surface area contributed by atoms with Crippen molar-refractivity contribution in [2.45, 2.75) is 25.4 Å². The minimum absolute atomic E-state index is 0.0833. The second-order valence-corrected chi connectivity index (χ2v) is 10.6. The van der Waals surface area contributed by atoms with Crippen molar-refractivity contribution >= 4 is 29.3 Å². The Bertz CT molecular complexity index is 1560. The summed E-state index contributed by atoms with van der Waals surface area (Å²) >= 11 is 7.72. The molecule has 1 aliphatic rings. The fourth-order valence-corrected chi connectivity index (χ4v) is 5.24. The number of hydrogen-bond donors (Lipinski definition) is 1. The Morgan fingerprint density at radius 1 is 1.07 bits per heavy atom. The number of aliphatic hydroxyl groups excluding tert-OH is 1. The molecule has 1 unspecified atom stereocenters. The van der Waals surface area contributed by atoms with Gasteiger partial charge in [-0.15, -0.1) is 10.2 Å². The SMILES string of the molecule is O=C(c1ccccc1-n1cnc(Cn2nc(-c3ccc(Cl)cc3)n(CC(O)C(F)(F)F)c2=O)n1)N1CCSCC1. The van der Waals surface area contributed by atoms with E-state index in [9.17, 15) is 27.9 Å². The van der Waals surface area contributed by atoms with Crippen molar-refractivity contribution in [2.75, 3.05) is 24.6 Å². The third kappa shape index (κ3) is 5.93. The summed E-state index contributed by atoms with van der Waals surface area (Å²) in [5.74, 6) is 1.66. The van der Waals surface area contributed by atoms with Crippen molar-refractivity contribution in [2.24, 2.45) is 0 Å². The predicted octanol–water partition coefficient (Wildman–Crippen LogP) is 3.11. The molecular weight excluding hydrogens is 571 g/mol. The average Bonchev–Trinajstić information content (AvgIpc) is 3.53. The van der Waals surface area contributed by atoms with Crippen LogP contribution in [0.5, 0.6) is 0 Å². The summed E-state index contributed by atoms with van der Waals surface area (Å²) in [7, 11) is 0. The van der Waals surface area contributed by atoms with E-state index < -0.39 is 24.5 Å². The van der Waals surface area contributed by atoms with Crippen LogP contribution in [-0.2, 0) is 13.1 Å². The highest BCUT2D eigenvalue weighted by molar-refractivity contribution is 7.99. The number of para-hydroxylation sites is 1. The Morgan fingerprint density at radius 2 is 1.77 bits per heavy atom. The molecule has 0 aliphatic carbocycles. The lowest BCUT2D eigenvalue weighted by Gasteiger charge is -2.27. The molecule has 0 saturated carbocycles. The molecule has 210 valence electrons. The van der Waals surface area contributed by atoms with Crippen LogP contribution in [0.1, 0.15) is 16.2 Å². The van der Waals surface area contributed by atoms with E-state index in [4.69, 9.17) is 11.6 Å². The van der Waals surface area contributed by atoms with Gasteiger partial charge in [-0.05, 0) is 36.4 Å². The molecule has 2 aromatic carbocycles. The number of aromatic nitrogens is 6. The first-order valence-electron chi connectivity index (χ1n) is 12.2. The second-order valence-electron chi connectivity index (χ2n) is 8.97. The average molecular weight is 594 g/mol. The zero-order valence-electron chi connectivity index (χ0n) is 20.8. The Balaban J connectivity index is 1.45. The van der Waals surface area contributed by atoms with E-state index in [0.717, 1.165) is 20.8 Å². The lowest BCUT2D eigenvalue weighted by atomic mass is 10.1. The highest BCUT2D eigenvalue weighted by atomic mass is 35.5. The minimum atomic E-state index is -4.93. The third-order valence-corrected chi connectivity index (χ3v) is 7.46.